The average Bonchev–Trinajstić information content (AvgIpc) is 2.32. The van der Waals surface area contributed by atoms with Crippen LogP contribution in [0.3, 0.4) is 0 Å². The third kappa shape index (κ3) is 7.92. The molecule has 0 aliphatic rings. The lowest BCUT2D eigenvalue weighted by Crippen LogP contribution is -2.36. The fourth-order valence-electron chi connectivity index (χ4n) is 1.42. The molecule has 7 heteroatoms. The molecule has 0 saturated carbocycles. The van der Waals surface area contributed by atoms with Crippen LogP contribution in [0.25, 0.3) is 0 Å². The molecule has 0 fully saturated rings. The van der Waals surface area contributed by atoms with Crippen molar-refractivity contribution in [3.8, 4) is 6.07 Å². The molecule has 0 atom stereocenters. The Morgan fingerprint density at radius 2 is 2.06 bits per heavy atom. The van der Waals surface area contributed by atoms with Crippen molar-refractivity contribution >= 4 is 5.91 Å². The number of nitriles is 1. The maximum absolute atomic E-state index is 12.2. The Morgan fingerprint density at radius 3 is 2.56 bits per heavy atom. The van der Waals surface area contributed by atoms with Gasteiger partial charge in [0.15, 0.2) is 0 Å². The first-order valence-electron chi connectivity index (χ1n) is 5.73. The highest BCUT2D eigenvalue weighted by Gasteiger charge is 2.14. The van der Waals surface area contributed by atoms with E-state index in [-0.39, 0.29) is 38.4 Å². The molecule has 104 valence electrons. The molecule has 0 aliphatic carbocycles. The van der Waals surface area contributed by atoms with E-state index in [2.05, 4.69) is 0 Å². The molecule has 0 aliphatic heterocycles. The fourth-order valence-corrected chi connectivity index (χ4v) is 1.42. The zero-order valence-electron chi connectivity index (χ0n) is 10.5. The van der Waals surface area contributed by atoms with E-state index in [4.69, 9.17) is 10.4 Å². The van der Waals surface area contributed by atoms with E-state index < -0.39 is 13.0 Å². The van der Waals surface area contributed by atoms with Gasteiger partial charge in [0.1, 0.15) is 0 Å². The molecule has 0 aromatic heterocycles. The summed E-state index contributed by atoms with van der Waals surface area (Å²) in [6, 6.07) is 1.93. The van der Waals surface area contributed by atoms with Gasteiger partial charge in [-0.15, -0.1) is 0 Å². The number of carbonyl (C=O) groups is 1. The van der Waals surface area contributed by atoms with E-state index in [9.17, 15) is 13.6 Å². The largest absolute Gasteiger partial charge is 0.395 e. The average molecular weight is 263 g/mol. The Hall–Kier alpha value is -1.26. The van der Waals surface area contributed by atoms with Gasteiger partial charge in [0.25, 0.3) is 6.43 Å². The van der Waals surface area contributed by atoms with Crippen molar-refractivity contribution < 1.29 is 18.7 Å². The Balaban J connectivity index is 4.02. The van der Waals surface area contributed by atoms with Gasteiger partial charge in [-0.2, -0.15) is 5.26 Å². The van der Waals surface area contributed by atoms with Gasteiger partial charge in [-0.05, 0) is 0 Å². The molecule has 0 spiro atoms. The van der Waals surface area contributed by atoms with Crippen LogP contribution in [-0.4, -0.2) is 67.1 Å². The summed E-state index contributed by atoms with van der Waals surface area (Å²) in [5, 5.41) is 17.1. The molecular formula is C11H19F2N3O2. The SMILES string of the molecule is CN(CCC#N)C(=O)CCN(CCO)CC(F)F. The summed E-state index contributed by atoms with van der Waals surface area (Å²) in [6.07, 6.45) is -2.13. The third-order valence-electron chi connectivity index (χ3n) is 2.44. The first-order chi connectivity index (χ1) is 8.51. The molecule has 0 heterocycles. The summed E-state index contributed by atoms with van der Waals surface area (Å²) in [6.45, 7) is -0.0226. The maximum atomic E-state index is 12.2. The van der Waals surface area contributed by atoms with Crippen LogP contribution in [0.2, 0.25) is 0 Å². The fraction of sp³-hybridized carbons (Fsp3) is 0.818. The lowest BCUT2D eigenvalue weighted by molar-refractivity contribution is -0.130. The number of rotatable bonds is 9. The highest BCUT2D eigenvalue weighted by molar-refractivity contribution is 5.76. The summed E-state index contributed by atoms with van der Waals surface area (Å²) >= 11 is 0. The van der Waals surface area contributed by atoms with E-state index in [1.165, 1.54) is 9.80 Å². The molecule has 0 saturated heterocycles. The number of aliphatic hydroxyl groups excluding tert-OH is 1. The quantitative estimate of drug-likeness (QED) is 0.650. The Bertz CT molecular complexity index is 282. The Labute approximate surface area is 106 Å². The smallest absolute Gasteiger partial charge is 0.251 e. The topological polar surface area (TPSA) is 67.6 Å². The van der Waals surface area contributed by atoms with Crippen molar-refractivity contribution in [1.29, 1.82) is 5.26 Å². The Kier molecular flexibility index (Phi) is 9.06. The van der Waals surface area contributed by atoms with Crippen molar-refractivity contribution in [3.05, 3.63) is 0 Å². The third-order valence-corrected chi connectivity index (χ3v) is 2.44. The highest BCUT2D eigenvalue weighted by Crippen LogP contribution is 2.01. The van der Waals surface area contributed by atoms with E-state index in [0.29, 0.717) is 6.54 Å². The summed E-state index contributed by atoms with van der Waals surface area (Å²) in [7, 11) is 1.57. The summed E-state index contributed by atoms with van der Waals surface area (Å²) in [4.78, 5) is 14.3. The number of aliphatic hydroxyl groups is 1. The number of halogens is 2. The van der Waals surface area contributed by atoms with Crippen molar-refractivity contribution in [2.24, 2.45) is 0 Å². The number of nitrogens with zero attached hydrogens (tertiary/aromatic N) is 3. The van der Waals surface area contributed by atoms with Gasteiger partial charge in [-0.3, -0.25) is 9.69 Å². The highest BCUT2D eigenvalue weighted by atomic mass is 19.3. The predicted molar refractivity (Wildman–Crippen MR) is 62.0 cm³/mol. The van der Waals surface area contributed by atoms with Crippen LogP contribution < -0.4 is 0 Å². The van der Waals surface area contributed by atoms with Crippen LogP contribution in [0, 0.1) is 11.3 Å². The molecule has 0 bridgehead atoms. The second kappa shape index (κ2) is 9.74. The predicted octanol–water partition coefficient (Wildman–Crippen LogP) is 0.308. The van der Waals surface area contributed by atoms with E-state index in [0.717, 1.165) is 0 Å². The molecular weight excluding hydrogens is 244 g/mol. The molecule has 0 rings (SSSR count). The molecule has 5 nitrogen and oxygen atoms in total. The number of amides is 1. The minimum Gasteiger partial charge on any atom is -0.395 e. The first kappa shape index (κ1) is 16.7. The van der Waals surface area contributed by atoms with Crippen molar-refractivity contribution in [3.63, 3.8) is 0 Å². The lowest BCUT2D eigenvalue weighted by Gasteiger charge is -2.22. The standard InChI is InChI=1S/C11H19F2N3O2/c1-15(5-2-4-14)11(18)3-6-16(7-8-17)9-10(12)13/h10,17H,2-3,5-9H2,1H3. The van der Waals surface area contributed by atoms with Crippen LogP contribution in [0.15, 0.2) is 0 Å². The van der Waals surface area contributed by atoms with Crippen LogP contribution in [0.5, 0.6) is 0 Å². The molecule has 1 amide bonds. The van der Waals surface area contributed by atoms with E-state index in [1.807, 2.05) is 6.07 Å². The lowest BCUT2D eigenvalue weighted by atomic mass is 10.3. The number of hydrogen-bond donors (Lipinski definition) is 1. The summed E-state index contributed by atoms with van der Waals surface area (Å²) < 4.78 is 24.4. The second-order valence-corrected chi connectivity index (χ2v) is 3.89. The van der Waals surface area contributed by atoms with Crippen molar-refractivity contribution in [2.45, 2.75) is 19.3 Å². The monoisotopic (exact) mass is 263 g/mol. The molecule has 0 aromatic carbocycles. The zero-order chi connectivity index (χ0) is 14.0. The van der Waals surface area contributed by atoms with Gasteiger partial charge in [0.05, 0.1) is 25.6 Å². The second-order valence-electron chi connectivity index (χ2n) is 3.89. The van der Waals surface area contributed by atoms with Gasteiger partial charge >= 0.3 is 0 Å². The normalized spacial score (nSPS) is 10.7. The van der Waals surface area contributed by atoms with Gasteiger partial charge < -0.3 is 10.0 Å². The van der Waals surface area contributed by atoms with Crippen LogP contribution in [0.4, 0.5) is 8.78 Å². The van der Waals surface area contributed by atoms with Crippen molar-refractivity contribution in [2.75, 3.05) is 39.8 Å². The minimum absolute atomic E-state index is 0.106. The number of alkyl halides is 2. The zero-order valence-corrected chi connectivity index (χ0v) is 10.5. The number of carbonyl (C=O) groups excluding carboxylic acids is 1. The van der Waals surface area contributed by atoms with Gasteiger partial charge in [0, 0.05) is 33.1 Å². The molecule has 0 aromatic rings. The molecule has 1 N–H and O–H groups in total. The van der Waals surface area contributed by atoms with Gasteiger partial charge in [-0.25, -0.2) is 8.78 Å². The maximum Gasteiger partial charge on any atom is 0.251 e. The van der Waals surface area contributed by atoms with Gasteiger partial charge in [-0.1, -0.05) is 0 Å². The number of hydrogen-bond acceptors (Lipinski definition) is 4. The molecule has 0 radical (unpaired) electrons. The minimum atomic E-state index is -2.48. The summed E-state index contributed by atoms with van der Waals surface area (Å²) in [5.41, 5.74) is 0. The van der Waals surface area contributed by atoms with Crippen LogP contribution in [0.1, 0.15) is 12.8 Å². The van der Waals surface area contributed by atoms with E-state index in [1.54, 1.807) is 7.05 Å². The van der Waals surface area contributed by atoms with Crippen LogP contribution >= 0.6 is 0 Å². The van der Waals surface area contributed by atoms with Crippen molar-refractivity contribution in [1.82, 2.24) is 9.80 Å². The Morgan fingerprint density at radius 1 is 1.39 bits per heavy atom. The van der Waals surface area contributed by atoms with Crippen LogP contribution in [-0.2, 0) is 4.79 Å². The van der Waals surface area contributed by atoms with Gasteiger partial charge in [0.2, 0.25) is 5.91 Å². The summed E-state index contributed by atoms with van der Waals surface area (Å²) in [5.74, 6) is -0.192. The molecule has 18 heavy (non-hydrogen) atoms. The first-order valence-corrected chi connectivity index (χ1v) is 5.73. The van der Waals surface area contributed by atoms with E-state index >= 15 is 0 Å². The molecule has 0 unspecified atom stereocenters.